The molecule has 4 N–H and O–H groups in total. The van der Waals surface area contributed by atoms with Crippen molar-refractivity contribution in [2.75, 3.05) is 11.5 Å². The number of rotatable bonds is 2. The van der Waals surface area contributed by atoms with Gasteiger partial charge in [-0.25, -0.2) is 34.5 Å². The third-order valence-corrected chi connectivity index (χ3v) is 7.38. The molecule has 5 aromatic rings. The largest absolute Gasteiger partial charge is 0.382 e. The Morgan fingerprint density at radius 1 is 0.600 bits per heavy atom. The van der Waals surface area contributed by atoms with Gasteiger partial charge in [-0.2, -0.15) is 0 Å². The molecule has 16 heteroatoms. The molecule has 40 heavy (non-hydrogen) atoms. The fourth-order valence-electron chi connectivity index (χ4n) is 5.17. The topological polar surface area (TPSA) is 209 Å². The maximum atomic E-state index is 13.0. The summed E-state index contributed by atoms with van der Waals surface area (Å²) in [7, 11) is 5.66. The molecular weight excluding hydrogens is 520 g/mol. The Morgan fingerprint density at radius 2 is 1.12 bits per heavy atom. The lowest BCUT2D eigenvalue weighted by Crippen LogP contribution is -2.38. The lowest BCUT2D eigenvalue weighted by molar-refractivity contribution is 0.638. The average molecular weight is 547 g/mol. The summed E-state index contributed by atoms with van der Waals surface area (Å²) in [6.45, 7) is 0.583. The van der Waals surface area contributed by atoms with Gasteiger partial charge in [-0.15, -0.1) is 0 Å². The lowest BCUT2D eigenvalue weighted by Gasteiger charge is -2.14. The van der Waals surface area contributed by atoms with Crippen LogP contribution in [0.2, 0.25) is 0 Å². The fraction of sp³-hybridized carbons (Fsp3) is 0.375. The van der Waals surface area contributed by atoms with E-state index in [1.807, 2.05) is 4.57 Å². The van der Waals surface area contributed by atoms with Crippen LogP contribution in [0.1, 0.15) is 25.1 Å². The third-order valence-electron chi connectivity index (χ3n) is 7.38. The van der Waals surface area contributed by atoms with Gasteiger partial charge >= 0.3 is 11.4 Å². The SMILES string of the molecule is Cn1c(=O)c2nc(-c3nc4n(c3-c3nc5c(=O)n(C)c(=O)n(C)c5nc3N)CCCCC4)c(N)nc2n(C)c1=O. The smallest absolute Gasteiger partial charge is 0.332 e. The molecule has 0 radical (unpaired) electrons. The second-order valence-corrected chi connectivity index (χ2v) is 9.86. The number of nitrogens with zero attached hydrogens (tertiary/aromatic N) is 10. The molecule has 1 aliphatic rings. The Labute approximate surface area is 224 Å². The summed E-state index contributed by atoms with van der Waals surface area (Å²) in [5.41, 5.74) is 11.3. The van der Waals surface area contributed by atoms with E-state index in [1.54, 1.807) is 0 Å². The van der Waals surface area contributed by atoms with E-state index in [-0.39, 0.29) is 51.0 Å². The summed E-state index contributed by atoms with van der Waals surface area (Å²) in [6, 6.07) is 0. The zero-order chi connectivity index (χ0) is 28.6. The van der Waals surface area contributed by atoms with Gasteiger partial charge in [0.05, 0.1) is 0 Å². The van der Waals surface area contributed by atoms with Gasteiger partial charge in [0, 0.05) is 41.2 Å². The number of fused-ring (bicyclic) bond motifs is 3. The number of nitrogen functional groups attached to an aromatic ring is 2. The van der Waals surface area contributed by atoms with Crippen LogP contribution in [-0.2, 0) is 41.2 Å². The number of hydrogen-bond donors (Lipinski definition) is 2. The van der Waals surface area contributed by atoms with Crippen molar-refractivity contribution >= 4 is 34.0 Å². The Bertz CT molecular complexity index is 2150. The average Bonchev–Trinajstić information content (AvgIpc) is 3.13. The first-order valence-electron chi connectivity index (χ1n) is 12.6. The van der Waals surface area contributed by atoms with E-state index in [0.29, 0.717) is 18.7 Å². The molecular formula is C24H26N12O4. The predicted molar refractivity (Wildman–Crippen MR) is 147 cm³/mol. The highest BCUT2D eigenvalue weighted by molar-refractivity contribution is 5.89. The fourth-order valence-corrected chi connectivity index (χ4v) is 5.17. The molecule has 0 amide bonds. The minimum Gasteiger partial charge on any atom is -0.382 e. The Hall–Kier alpha value is -5.15. The van der Waals surface area contributed by atoms with Crippen molar-refractivity contribution in [3.8, 4) is 22.8 Å². The highest BCUT2D eigenvalue weighted by atomic mass is 16.2. The highest BCUT2D eigenvalue weighted by Crippen LogP contribution is 2.37. The molecule has 16 nitrogen and oxygen atoms in total. The van der Waals surface area contributed by atoms with Gasteiger partial charge < -0.3 is 16.0 Å². The van der Waals surface area contributed by atoms with Crippen LogP contribution in [0.5, 0.6) is 0 Å². The minimum atomic E-state index is -0.636. The van der Waals surface area contributed by atoms with Crippen LogP contribution in [0.25, 0.3) is 45.1 Å². The maximum Gasteiger partial charge on any atom is 0.332 e. The summed E-state index contributed by atoms with van der Waals surface area (Å²) in [5.74, 6) is 0.636. The van der Waals surface area contributed by atoms with Crippen LogP contribution in [0.15, 0.2) is 19.2 Å². The molecule has 0 saturated carbocycles. The second kappa shape index (κ2) is 8.69. The molecule has 0 atom stereocenters. The van der Waals surface area contributed by atoms with Crippen molar-refractivity contribution in [2.45, 2.75) is 32.2 Å². The number of aromatic nitrogens is 10. The van der Waals surface area contributed by atoms with E-state index < -0.39 is 22.5 Å². The van der Waals surface area contributed by atoms with E-state index in [0.717, 1.165) is 34.2 Å². The molecule has 0 unspecified atom stereocenters. The molecule has 0 bridgehead atoms. The Balaban J connectivity index is 1.73. The zero-order valence-electron chi connectivity index (χ0n) is 22.3. The normalized spacial score (nSPS) is 13.6. The number of anilines is 2. The van der Waals surface area contributed by atoms with Crippen LogP contribution < -0.4 is 34.0 Å². The van der Waals surface area contributed by atoms with Crippen LogP contribution >= 0.6 is 0 Å². The lowest BCUT2D eigenvalue weighted by atomic mass is 10.1. The van der Waals surface area contributed by atoms with Crippen molar-refractivity contribution in [3.63, 3.8) is 0 Å². The molecule has 1 aliphatic heterocycles. The molecule has 0 spiro atoms. The van der Waals surface area contributed by atoms with E-state index in [9.17, 15) is 19.2 Å². The van der Waals surface area contributed by atoms with Crippen molar-refractivity contribution in [3.05, 3.63) is 47.5 Å². The van der Waals surface area contributed by atoms with Gasteiger partial charge in [0.1, 0.15) is 28.6 Å². The Kier molecular flexibility index (Phi) is 5.46. The quantitative estimate of drug-likeness (QED) is 0.268. The number of imidazole rings is 1. The van der Waals surface area contributed by atoms with Crippen molar-refractivity contribution in [2.24, 2.45) is 28.2 Å². The van der Waals surface area contributed by atoms with E-state index >= 15 is 0 Å². The minimum absolute atomic E-state index is 0.0328. The van der Waals surface area contributed by atoms with E-state index in [2.05, 4.69) is 19.9 Å². The number of hydrogen-bond acceptors (Lipinski definition) is 11. The molecule has 0 aromatic carbocycles. The molecule has 6 rings (SSSR count). The number of aryl methyl sites for hydroxylation is 3. The zero-order valence-corrected chi connectivity index (χ0v) is 22.3. The van der Waals surface area contributed by atoms with Crippen LogP contribution in [0.3, 0.4) is 0 Å². The van der Waals surface area contributed by atoms with Crippen LogP contribution in [0.4, 0.5) is 11.6 Å². The summed E-state index contributed by atoms with van der Waals surface area (Å²) in [6.07, 6.45) is 3.40. The molecule has 206 valence electrons. The predicted octanol–water partition coefficient (Wildman–Crippen LogP) is -1.21. The summed E-state index contributed by atoms with van der Waals surface area (Å²) in [5, 5.41) is 0. The highest BCUT2D eigenvalue weighted by Gasteiger charge is 2.29. The Morgan fingerprint density at radius 3 is 1.70 bits per heavy atom. The molecule has 0 saturated heterocycles. The van der Waals surface area contributed by atoms with Gasteiger partial charge in [0.15, 0.2) is 34.0 Å². The van der Waals surface area contributed by atoms with Crippen molar-refractivity contribution in [1.29, 1.82) is 0 Å². The van der Waals surface area contributed by atoms with Crippen LogP contribution in [-0.4, -0.2) is 47.8 Å². The standard InChI is InChI=1S/C24H26N12O4/c1-32-19-14(21(37)34(3)23(32)39)28-12(17(25)30-19)11-16(36-9-7-5-6-8-10(36)27-11)13-18(26)31-20-15(29-13)22(38)35(4)24(40)33(20)2/h5-9H2,1-4H3,(H2,25,30)(H2,26,31). The summed E-state index contributed by atoms with van der Waals surface area (Å²) >= 11 is 0. The third kappa shape index (κ3) is 3.41. The van der Waals surface area contributed by atoms with Gasteiger partial charge in [0.2, 0.25) is 0 Å². The van der Waals surface area contributed by atoms with E-state index in [1.165, 1.54) is 37.3 Å². The second-order valence-electron chi connectivity index (χ2n) is 9.86. The first-order chi connectivity index (χ1) is 19.0. The van der Waals surface area contributed by atoms with Crippen molar-refractivity contribution in [1.82, 2.24) is 47.8 Å². The van der Waals surface area contributed by atoms with Crippen LogP contribution in [0, 0.1) is 0 Å². The van der Waals surface area contributed by atoms with Gasteiger partial charge in [-0.1, -0.05) is 6.42 Å². The van der Waals surface area contributed by atoms with Gasteiger partial charge in [-0.3, -0.25) is 27.9 Å². The van der Waals surface area contributed by atoms with Gasteiger partial charge in [0.25, 0.3) is 11.1 Å². The summed E-state index contributed by atoms with van der Waals surface area (Å²) in [4.78, 5) is 73.7. The summed E-state index contributed by atoms with van der Waals surface area (Å²) < 4.78 is 6.23. The molecule has 6 heterocycles. The van der Waals surface area contributed by atoms with E-state index in [4.69, 9.17) is 16.5 Å². The maximum absolute atomic E-state index is 13.0. The molecule has 0 aliphatic carbocycles. The monoisotopic (exact) mass is 546 g/mol. The first-order valence-corrected chi connectivity index (χ1v) is 12.6. The van der Waals surface area contributed by atoms with Crippen molar-refractivity contribution < 1.29 is 0 Å². The van der Waals surface area contributed by atoms with Gasteiger partial charge in [-0.05, 0) is 12.8 Å². The molecule has 5 aromatic heterocycles. The first kappa shape index (κ1) is 25.1. The molecule has 0 fully saturated rings. The number of nitrogens with two attached hydrogens (primary N) is 2.